The Bertz CT molecular complexity index is 867. The van der Waals surface area contributed by atoms with Gasteiger partial charge in [0.2, 0.25) is 0 Å². The number of hydrogen-bond donors (Lipinski definition) is 2. The predicted molar refractivity (Wildman–Crippen MR) is 99.1 cm³/mol. The number of anilines is 1. The summed E-state index contributed by atoms with van der Waals surface area (Å²) >= 11 is 1.63. The molecule has 1 aromatic carbocycles. The van der Waals surface area contributed by atoms with Crippen molar-refractivity contribution >= 4 is 27.4 Å². The minimum atomic E-state index is -0.215. The number of aromatic amines is 1. The van der Waals surface area contributed by atoms with Crippen LogP contribution in [0.4, 0.5) is 9.52 Å². The lowest BCUT2D eigenvalue weighted by Crippen LogP contribution is -2.26. The molecule has 24 heavy (non-hydrogen) atoms. The van der Waals surface area contributed by atoms with Crippen molar-refractivity contribution in [2.24, 2.45) is 5.92 Å². The molecule has 0 saturated heterocycles. The van der Waals surface area contributed by atoms with Gasteiger partial charge in [-0.15, -0.1) is 11.3 Å². The Morgan fingerprint density at radius 1 is 1.33 bits per heavy atom. The van der Waals surface area contributed by atoms with Crippen molar-refractivity contribution in [3.05, 3.63) is 35.1 Å². The maximum Gasteiger partial charge on any atom is 0.183 e. The summed E-state index contributed by atoms with van der Waals surface area (Å²) in [7, 11) is 0. The molecule has 3 aromatic rings. The Balaban J connectivity index is 1.63. The summed E-state index contributed by atoms with van der Waals surface area (Å²) in [6.07, 6.45) is 5.06. The molecule has 2 N–H and O–H groups in total. The first-order valence-electron chi connectivity index (χ1n) is 8.60. The van der Waals surface area contributed by atoms with Crippen molar-refractivity contribution in [1.82, 2.24) is 9.97 Å². The summed E-state index contributed by atoms with van der Waals surface area (Å²) in [6.45, 7) is 4.34. The maximum atomic E-state index is 13.6. The zero-order valence-corrected chi connectivity index (χ0v) is 14.8. The standard InChI is InChI=1S/C19H22FN3S/c1-11-4-3-5-14(8-11)22-19-23-17(10-24-19)18-12(2)21-16-7-6-13(20)9-15(16)18/h6-7,9-11,14,21H,3-5,8H2,1-2H3,(H,22,23)/t11-,14-/m1/s1. The van der Waals surface area contributed by atoms with E-state index in [1.54, 1.807) is 23.5 Å². The van der Waals surface area contributed by atoms with Crippen LogP contribution in [0.25, 0.3) is 22.2 Å². The number of benzene rings is 1. The molecule has 2 heterocycles. The molecule has 0 aliphatic heterocycles. The van der Waals surface area contributed by atoms with Gasteiger partial charge in [-0.05, 0) is 43.9 Å². The number of nitrogens with zero attached hydrogens (tertiary/aromatic N) is 1. The summed E-state index contributed by atoms with van der Waals surface area (Å²) < 4.78 is 13.6. The van der Waals surface area contributed by atoms with Gasteiger partial charge in [-0.3, -0.25) is 0 Å². The minimum Gasteiger partial charge on any atom is -0.359 e. The molecular weight excluding hydrogens is 321 g/mol. The van der Waals surface area contributed by atoms with E-state index in [0.717, 1.165) is 38.9 Å². The molecule has 2 atom stereocenters. The van der Waals surface area contributed by atoms with E-state index in [-0.39, 0.29) is 5.82 Å². The second-order valence-corrected chi connectivity index (χ2v) is 7.82. The van der Waals surface area contributed by atoms with Gasteiger partial charge >= 0.3 is 0 Å². The number of nitrogens with one attached hydrogen (secondary N) is 2. The molecule has 0 bridgehead atoms. The number of fused-ring (bicyclic) bond motifs is 1. The lowest BCUT2D eigenvalue weighted by atomic mass is 9.87. The van der Waals surface area contributed by atoms with Gasteiger partial charge in [0.05, 0.1) is 5.69 Å². The van der Waals surface area contributed by atoms with Crippen molar-refractivity contribution < 1.29 is 4.39 Å². The van der Waals surface area contributed by atoms with E-state index in [0.29, 0.717) is 6.04 Å². The van der Waals surface area contributed by atoms with E-state index >= 15 is 0 Å². The van der Waals surface area contributed by atoms with Crippen LogP contribution < -0.4 is 5.32 Å². The van der Waals surface area contributed by atoms with Gasteiger partial charge in [0.25, 0.3) is 0 Å². The number of aromatic nitrogens is 2. The molecule has 126 valence electrons. The SMILES string of the molecule is Cc1[nH]c2ccc(F)cc2c1-c1csc(N[C@@H]2CCC[C@@H](C)C2)n1. The molecule has 5 heteroatoms. The largest absolute Gasteiger partial charge is 0.359 e. The van der Waals surface area contributed by atoms with Gasteiger partial charge in [-0.25, -0.2) is 9.37 Å². The highest BCUT2D eigenvalue weighted by Crippen LogP contribution is 2.35. The number of aryl methyl sites for hydroxylation is 1. The average molecular weight is 343 g/mol. The molecule has 0 radical (unpaired) electrons. The second kappa shape index (κ2) is 6.20. The van der Waals surface area contributed by atoms with E-state index in [2.05, 4.69) is 22.6 Å². The molecule has 0 amide bonds. The molecule has 3 nitrogen and oxygen atoms in total. The molecule has 1 fully saturated rings. The van der Waals surface area contributed by atoms with Crippen LogP contribution >= 0.6 is 11.3 Å². The van der Waals surface area contributed by atoms with Gasteiger partial charge < -0.3 is 10.3 Å². The lowest BCUT2D eigenvalue weighted by molar-refractivity contribution is 0.358. The second-order valence-electron chi connectivity index (χ2n) is 6.97. The number of halogens is 1. The van der Waals surface area contributed by atoms with Crippen LogP contribution in [0.1, 0.15) is 38.3 Å². The molecule has 0 unspecified atom stereocenters. The maximum absolute atomic E-state index is 13.6. The van der Waals surface area contributed by atoms with E-state index in [9.17, 15) is 4.39 Å². The molecule has 4 rings (SSSR count). The van der Waals surface area contributed by atoms with Crippen LogP contribution in [0, 0.1) is 18.7 Å². The summed E-state index contributed by atoms with van der Waals surface area (Å²) in [5.41, 5.74) is 3.90. The number of hydrogen-bond acceptors (Lipinski definition) is 3. The summed E-state index contributed by atoms with van der Waals surface area (Å²) in [5.74, 6) is 0.571. The summed E-state index contributed by atoms with van der Waals surface area (Å²) in [5, 5.41) is 7.53. The molecule has 0 spiro atoms. The van der Waals surface area contributed by atoms with Crippen molar-refractivity contribution in [2.75, 3.05) is 5.32 Å². The van der Waals surface area contributed by atoms with Crippen molar-refractivity contribution in [1.29, 1.82) is 0 Å². The average Bonchev–Trinajstić information content (AvgIpc) is 3.10. The van der Waals surface area contributed by atoms with Crippen LogP contribution in [0.5, 0.6) is 0 Å². The van der Waals surface area contributed by atoms with E-state index < -0.39 is 0 Å². The van der Waals surface area contributed by atoms with Crippen LogP contribution in [0.2, 0.25) is 0 Å². The van der Waals surface area contributed by atoms with E-state index in [1.165, 1.54) is 31.7 Å². The highest BCUT2D eigenvalue weighted by molar-refractivity contribution is 7.14. The Hall–Kier alpha value is -1.88. The fraction of sp³-hybridized carbons (Fsp3) is 0.421. The Morgan fingerprint density at radius 2 is 2.21 bits per heavy atom. The molecule has 1 aliphatic carbocycles. The smallest absolute Gasteiger partial charge is 0.183 e. The topological polar surface area (TPSA) is 40.7 Å². The predicted octanol–water partition coefficient (Wildman–Crippen LogP) is 5.73. The zero-order valence-electron chi connectivity index (χ0n) is 14.0. The van der Waals surface area contributed by atoms with Crippen LogP contribution in [-0.2, 0) is 0 Å². The molecule has 1 aliphatic rings. The first kappa shape index (κ1) is 15.6. The van der Waals surface area contributed by atoms with Crippen LogP contribution in [-0.4, -0.2) is 16.0 Å². The van der Waals surface area contributed by atoms with Crippen molar-refractivity contribution in [2.45, 2.75) is 45.6 Å². The first-order chi connectivity index (χ1) is 11.6. The van der Waals surface area contributed by atoms with Crippen LogP contribution in [0.15, 0.2) is 23.6 Å². The fourth-order valence-corrected chi connectivity index (χ4v) is 4.60. The normalized spacial score (nSPS) is 21.3. The number of rotatable bonds is 3. The number of thiazole rings is 1. The quantitative estimate of drug-likeness (QED) is 0.637. The van der Waals surface area contributed by atoms with Crippen molar-refractivity contribution in [3.8, 4) is 11.3 Å². The zero-order chi connectivity index (χ0) is 16.7. The van der Waals surface area contributed by atoms with Crippen LogP contribution in [0.3, 0.4) is 0 Å². The summed E-state index contributed by atoms with van der Waals surface area (Å²) in [4.78, 5) is 8.10. The molecule has 2 aromatic heterocycles. The molecular formula is C19H22FN3S. The van der Waals surface area contributed by atoms with Gasteiger partial charge in [0.15, 0.2) is 5.13 Å². The van der Waals surface area contributed by atoms with Gasteiger partial charge in [-0.2, -0.15) is 0 Å². The van der Waals surface area contributed by atoms with E-state index in [4.69, 9.17) is 4.98 Å². The fourth-order valence-electron chi connectivity index (χ4n) is 3.82. The third-order valence-electron chi connectivity index (χ3n) is 4.97. The monoisotopic (exact) mass is 343 g/mol. The third kappa shape index (κ3) is 2.93. The first-order valence-corrected chi connectivity index (χ1v) is 9.48. The Kier molecular flexibility index (Phi) is 4.04. The van der Waals surface area contributed by atoms with E-state index in [1.807, 2.05) is 6.92 Å². The third-order valence-corrected chi connectivity index (χ3v) is 5.75. The highest BCUT2D eigenvalue weighted by Gasteiger charge is 2.20. The summed E-state index contributed by atoms with van der Waals surface area (Å²) in [6, 6.07) is 5.38. The van der Waals surface area contributed by atoms with Crippen molar-refractivity contribution in [3.63, 3.8) is 0 Å². The highest BCUT2D eigenvalue weighted by atomic mass is 32.1. The molecule has 1 saturated carbocycles. The lowest BCUT2D eigenvalue weighted by Gasteiger charge is -2.27. The minimum absolute atomic E-state index is 0.215. The Morgan fingerprint density at radius 3 is 3.04 bits per heavy atom. The Labute approximate surface area is 145 Å². The van der Waals surface area contributed by atoms with Gasteiger partial charge in [0.1, 0.15) is 5.82 Å². The number of H-pyrrole nitrogens is 1. The van der Waals surface area contributed by atoms with Gasteiger partial charge in [0, 0.05) is 33.6 Å². The van der Waals surface area contributed by atoms with Gasteiger partial charge in [-0.1, -0.05) is 19.8 Å².